The molecule has 0 heterocycles. The van der Waals surface area contributed by atoms with Crippen molar-refractivity contribution in [1.29, 1.82) is 0 Å². The quantitative estimate of drug-likeness (QED) is 0.532. The van der Waals surface area contributed by atoms with Gasteiger partial charge < -0.3 is 0 Å². The number of halogens is 2. The van der Waals surface area contributed by atoms with Gasteiger partial charge in [-0.3, -0.25) is 10.9 Å². The maximum Gasteiger partial charge on any atom is 0.0212 e. The van der Waals surface area contributed by atoms with Gasteiger partial charge in [-0.2, -0.15) is 0 Å². The Morgan fingerprint density at radius 2 is 0.778 bits per heavy atom. The lowest BCUT2D eigenvalue weighted by Gasteiger charge is -2.23. The standard InChI is InChI=1S/C14H32N2.2ClH/c1-5-9-13(10-6-2)15-16-14(11-7-3)12-8-4;;/h13-16H,5-12H2,1-4H3;2*1H. The van der Waals surface area contributed by atoms with Gasteiger partial charge in [0.25, 0.3) is 0 Å². The molecule has 18 heavy (non-hydrogen) atoms. The van der Waals surface area contributed by atoms with E-state index in [-0.39, 0.29) is 24.8 Å². The summed E-state index contributed by atoms with van der Waals surface area (Å²) < 4.78 is 0. The number of hydrogen-bond acceptors (Lipinski definition) is 2. The smallest absolute Gasteiger partial charge is 0.0212 e. The zero-order valence-electron chi connectivity index (χ0n) is 12.6. The lowest BCUT2D eigenvalue weighted by molar-refractivity contribution is 0.319. The van der Waals surface area contributed by atoms with Gasteiger partial charge in [0.1, 0.15) is 0 Å². The highest BCUT2D eigenvalue weighted by Gasteiger charge is 2.09. The zero-order valence-corrected chi connectivity index (χ0v) is 14.3. The molecule has 0 radical (unpaired) electrons. The molecule has 0 unspecified atom stereocenters. The molecule has 0 aromatic rings. The molecular formula is C14H34Cl2N2. The van der Waals surface area contributed by atoms with Gasteiger partial charge in [0.05, 0.1) is 0 Å². The molecule has 0 aliphatic rings. The van der Waals surface area contributed by atoms with Crippen LogP contribution >= 0.6 is 24.8 Å². The van der Waals surface area contributed by atoms with E-state index < -0.39 is 0 Å². The predicted octanol–water partition coefficient (Wildman–Crippen LogP) is 4.86. The SMILES string of the molecule is CCCC(CCC)NNC(CCC)CCC.Cl.Cl. The first-order valence-electron chi connectivity index (χ1n) is 7.29. The summed E-state index contributed by atoms with van der Waals surface area (Å²) in [6.45, 7) is 9.06. The van der Waals surface area contributed by atoms with Gasteiger partial charge >= 0.3 is 0 Å². The minimum absolute atomic E-state index is 0. The molecule has 114 valence electrons. The van der Waals surface area contributed by atoms with Crippen molar-refractivity contribution in [2.75, 3.05) is 0 Å². The first-order chi connectivity index (χ1) is 7.78. The fraction of sp³-hybridized carbons (Fsp3) is 1.00. The van der Waals surface area contributed by atoms with Crippen LogP contribution in [0.25, 0.3) is 0 Å². The van der Waals surface area contributed by atoms with E-state index in [9.17, 15) is 0 Å². The van der Waals surface area contributed by atoms with E-state index >= 15 is 0 Å². The average Bonchev–Trinajstić information content (AvgIpc) is 2.27. The molecule has 0 spiro atoms. The zero-order chi connectivity index (χ0) is 12.2. The summed E-state index contributed by atoms with van der Waals surface area (Å²) in [4.78, 5) is 0. The highest BCUT2D eigenvalue weighted by Crippen LogP contribution is 2.06. The van der Waals surface area contributed by atoms with Crippen LogP contribution in [0.1, 0.15) is 79.1 Å². The number of nitrogens with one attached hydrogen (secondary N) is 2. The van der Waals surface area contributed by atoms with Crippen molar-refractivity contribution in [3.05, 3.63) is 0 Å². The molecule has 0 aliphatic heterocycles. The first-order valence-corrected chi connectivity index (χ1v) is 7.29. The van der Waals surface area contributed by atoms with Crippen molar-refractivity contribution < 1.29 is 0 Å². The average molecular weight is 301 g/mol. The van der Waals surface area contributed by atoms with Gasteiger partial charge in [0.15, 0.2) is 0 Å². The Kier molecular flexibility index (Phi) is 22.9. The van der Waals surface area contributed by atoms with Crippen LogP contribution in [-0.4, -0.2) is 12.1 Å². The van der Waals surface area contributed by atoms with Gasteiger partial charge in [0.2, 0.25) is 0 Å². The van der Waals surface area contributed by atoms with Crippen molar-refractivity contribution in [3.8, 4) is 0 Å². The molecule has 0 aromatic carbocycles. The molecule has 2 nitrogen and oxygen atoms in total. The van der Waals surface area contributed by atoms with Crippen molar-refractivity contribution in [2.24, 2.45) is 0 Å². The second-order valence-corrected chi connectivity index (χ2v) is 4.84. The fourth-order valence-electron chi connectivity index (χ4n) is 2.21. The molecule has 0 bridgehead atoms. The summed E-state index contributed by atoms with van der Waals surface area (Å²) in [5.41, 5.74) is 7.08. The normalized spacial score (nSPS) is 10.3. The van der Waals surface area contributed by atoms with Crippen LogP contribution in [0.3, 0.4) is 0 Å². The predicted molar refractivity (Wildman–Crippen MR) is 88.0 cm³/mol. The Balaban J connectivity index is -0.00000112. The van der Waals surface area contributed by atoms with Gasteiger partial charge in [0, 0.05) is 12.1 Å². The Labute approximate surface area is 127 Å². The van der Waals surface area contributed by atoms with Crippen LogP contribution in [0.15, 0.2) is 0 Å². The van der Waals surface area contributed by atoms with Crippen LogP contribution in [-0.2, 0) is 0 Å². The topological polar surface area (TPSA) is 24.1 Å². The maximum atomic E-state index is 3.54. The molecule has 2 N–H and O–H groups in total. The summed E-state index contributed by atoms with van der Waals surface area (Å²) >= 11 is 0. The van der Waals surface area contributed by atoms with E-state index in [0.717, 1.165) is 0 Å². The Bertz CT molecular complexity index is 118. The monoisotopic (exact) mass is 300 g/mol. The van der Waals surface area contributed by atoms with E-state index in [1.807, 2.05) is 0 Å². The minimum Gasteiger partial charge on any atom is -0.255 e. The molecule has 0 aliphatic carbocycles. The van der Waals surface area contributed by atoms with E-state index in [1.54, 1.807) is 0 Å². The van der Waals surface area contributed by atoms with Crippen molar-refractivity contribution in [1.82, 2.24) is 10.9 Å². The van der Waals surface area contributed by atoms with Gasteiger partial charge in [-0.25, -0.2) is 0 Å². The second kappa shape index (κ2) is 17.5. The summed E-state index contributed by atoms with van der Waals surface area (Å²) in [5, 5.41) is 0. The molecule has 0 amide bonds. The molecular weight excluding hydrogens is 267 g/mol. The van der Waals surface area contributed by atoms with Crippen LogP contribution in [0.4, 0.5) is 0 Å². The lowest BCUT2D eigenvalue weighted by Crippen LogP contribution is -2.46. The number of hydrazine groups is 1. The number of rotatable bonds is 11. The molecule has 4 heteroatoms. The third-order valence-electron chi connectivity index (χ3n) is 3.04. The molecule has 0 saturated carbocycles. The molecule has 0 rings (SSSR count). The summed E-state index contributed by atoms with van der Waals surface area (Å²) in [6.07, 6.45) is 10.2. The second-order valence-electron chi connectivity index (χ2n) is 4.84. The van der Waals surface area contributed by atoms with E-state index in [0.29, 0.717) is 12.1 Å². The highest BCUT2D eigenvalue weighted by molar-refractivity contribution is 5.85. The Hall–Kier alpha value is 0.500. The van der Waals surface area contributed by atoms with Crippen LogP contribution in [0, 0.1) is 0 Å². The highest BCUT2D eigenvalue weighted by atomic mass is 35.5. The third kappa shape index (κ3) is 12.9. The first kappa shape index (κ1) is 23.6. The van der Waals surface area contributed by atoms with Gasteiger partial charge in [-0.15, -0.1) is 24.8 Å². The summed E-state index contributed by atoms with van der Waals surface area (Å²) in [7, 11) is 0. The largest absolute Gasteiger partial charge is 0.255 e. The Morgan fingerprint density at radius 1 is 0.556 bits per heavy atom. The summed E-state index contributed by atoms with van der Waals surface area (Å²) in [6, 6.07) is 1.32. The van der Waals surface area contributed by atoms with E-state index in [4.69, 9.17) is 0 Å². The van der Waals surface area contributed by atoms with Crippen LogP contribution in [0.2, 0.25) is 0 Å². The van der Waals surface area contributed by atoms with E-state index in [1.165, 1.54) is 51.4 Å². The number of hydrogen-bond donors (Lipinski definition) is 2. The summed E-state index contributed by atoms with van der Waals surface area (Å²) in [5.74, 6) is 0. The Morgan fingerprint density at radius 3 is 0.944 bits per heavy atom. The molecule has 0 fully saturated rings. The minimum atomic E-state index is 0. The van der Waals surface area contributed by atoms with Crippen molar-refractivity contribution >= 4 is 24.8 Å². The van der Waals surface area contributed by atoms with Gasteiger partial charge in [-0.05, 0) is 25.7 Å². The lowest BCUT2D eigenvalue weighted by atomic mass is 10.1. The third-order valence-corrected chi connectivity index (χ3v) is 3.04. The molecule has 0 aromatic heterocycles. The van der Waals surface area contributed by atoms with E-state index in [2.05, 4.69) is 38.5 Å². The fourth-order valence-corrected chi connectivity index (χ4v) is 2.21. The van der Waals surface area contributed by atoms with Crippen LogP contribution in [0.5, 0.6) is 0 Å². The van der Waals surface area contributed by atoms with Crippen molar-refractivity contribution in [2.45, 2.75) is 91.1 Å². The molecule has 0 saturated heterocycles. The van der Waals surface area contributed by atoms with Crippen LogP contribution < -0.4 is 10.9 Å². The van der Waals surface area contributed by atoms with Gasteiger partial charge in [-0.1, -0.05) is 53.4 Å². The molecule has 0 atom stereocenters. The van der Waals surface area contributed by atoms with Crippen molar-refractivity contribution in [3.63, 3.8) is 0 Å². The maximum absolute atomic E-state index is 3.54.